The molecule has 3 aromatic heterocycles. The van der Waals surface area contributed by atoms with Crippen LogP contribution in [-0.2, 0) is 6.54 Å². The monoisotopic (exact) mass is 437 g/mol. The Morgan fingerprint density at radius 2 is 2.07 bits per heavy atom. The number of aromatic nitrogens is 5. The van der Waals surface area contributed by atoms with Crippen LogP contribution in [0.5, 0.6) is 11.5 Å². The smallest absolute Gasteiger partial charge is 0.197 e. The Labute approximate surface area is 181 Å². The van der Waals surface area contributed by atoms with E-state index in [1.54, 1.807) is 17.7 Å². The summed E-state index contributed by atoms with van der Waals surface area (Å²) in [5.74, 6) is 2.15. The number of aryl methyl sites for hydroxylation is 2. The van der Waals surface area contributed by atoms with Crippen LogP contribution >= 0.6 is 23.1 Å². The van der Waals surface area contributed by atoms with E-state index in [4.69, 9.17) is 9.47 Å². The number of para-hydroxylation sites is 2. The van der Waals surface area contributed by atoms with Gasteiger partial charge in [0.15, 0.2) is 28.6 Å². The van der Waals surface area contributed by atoms with Gasteiger partial charge >= 0.3 is 0 Å². The van der Waals surface area contributed by atoms with Crippen molar-refractivity contribution in [1.82, 2.24) is 24.7 Å². The van der Waals surface area contributed by atoms with Crippen LogP contribution in [0.1, 0.15) is 22.4 Å². The van der Waals surface area contributed by atoms with Crippen LogP contribution in [0.15, 0.2) is 53.4 Å². The molecule has 1 aliphatic rings. The topological polar surface area (TPSA) is 75.0 Å². The summed E-state index contributed by atoms with van der Waals surface area (Å²) in [6, 6.07) is 7.64. The zero-order chi connectivity index (χ0) is 20.7. The summed E-state index contributed by atoms with van der Waals surface area (Å²) < 4.78 is 14.0. The second-order valence-electron chi connectivity index (χ2n) is 6.85. The van der Waals surface area contributed by atoms with Gasteiger partial charge in [-0.25, -0.2) is 9.97 Å². The Morgan fingerprint density at radius 1 is 1.23 bits per heavy atom. The number of fused-ring (bicyclic) bond motifs is 2. The maximum Gasteiger partial charge on any atom is 0.197 e. The molecule has 1 atom stereocenters. The quantitative estimate of drug-likeness (QED) is 0.329. The zero-order valence-corrected chi connectivity index (χ0v) is 18.2. The largest absolute Gasteiger partial charge is 0.485 e. The Balaban J connectivity index is 1.51. The van der Waals surface area contributed by atoms with Crippen molar-refractivity contribution < 1.29 is 9.47 Å². The molecule has 0 saturated carbocycles. The second-order valence-corrected chi connectivity index (χ2v) is 9.01. The van der Waals surface area contributed by atoms with E-state index in [-0.39, 0.29) is 6.10 Å². The van der Waals surface area contributed by atoms with Crippen LogP contribution in [0.4, 0.5) is 0 Å². The van der Waals surface area contributed by atoms with Gasteiger partial charge in [0.2, 0.25) is 0 Å². The average Bonchev–Trinajstić information content (AvgIpc) is 3.29. The molecule has 7 nitrogen and oxygen atoms in total. The van der Waals surface area contributed by atoms with Crippen molar-refractivity contribution in [1.29, 1.82) is 0 Å². The number of allylic oxidation sites excluding steroid dienone is 1. The predicted molar refractivity (Wildman–Crippen MR) is 117 cm³/mol. The van der Waals surface area contributed by atoms with Crippen molar-refractivity contribution in [2.75, 3.05) is 6.61 Å². The maximum absolute atomic E-state index is 6.15. The Hall–Kier alpha value is -2.91. The van der Waals surface area contributed by atoms with Gasteiger partial charge in [-0.15, -0.1) is 28.1 Å². The molecule has 0 radical (unpaired) electrons. The van der Waals surface area contributed by atoms with Crippen LogP contribution in [-0.4, -0.2) is 31.3 Å². The Morgan fingerprint density at radius 3 is 2.90 bits per heavy atom. The number of ether oxygens (including phenoxy) is 2. The lowest BCUT2D eigenvalue weighted by Gasteiger charge is -2.26. The number of thiophene rings is 1. The summed E-state index contributed by atoms with van der Waals surface area (Å²) in [7, 11) is 0. The third kappa shape index (κ3) is 3.23. The van der Waals surface area contributed by atoms with E-state index >= 15 is 0 Å². The third-order valence-corrected chi connectivity index (χ3v) is 7.07. The third-order valence-electron chi connectivity index (χ3n) is 4.97. The minimum absolute atomic E-state index is 0.350. The minimum atomic E-state index is -0.350. The van der Waals surface area contributed by atoms with Gasteiger partial charge in [-0.3, -0.25) is 4.57 Å². The molecule has 0 saturated heterocycles. The van der Waals surface area contributed by atoms with Gasteiger partial charge in [0.05, 0.1) is 0 Å². The van der Waals surface area contributed by atoms with Gasteiger partial charge in [0, 0.05) is 16.8 Å². The van der Waals surface area contributed by atoms with E-state index in [9.17, 15) is 0 Å². The Bertz CT molecular complexity index is 1250. The van der Waals surface area contributed by atoms with Crippen molar-refractivity contribution in [3.05, 3.63) is 59.5 Å². The molecule has 0 aliphatic carbocycles. The van der Waals surface area contributed by atoms with Gasteiger partial charge < -0.3 is 9.47 Å². The lowest BCUT2D eigenvalue weighted by molar-refractivity contribution is 0.0821. The lowest BCUT2D eigenvalue weighted by Crippen LogP contribution is -2.25. The van der Waals surface area contributed by atoms with Gasteiger partial charge in [-0.1, -0.05) is 18.2 Å². The normalized spacial score (nSPS) is 15.5. The minimum Gasteiger partial charge on any atom is -0.485 e. The van der Waals surface area contributed by atoms with E-state index in [0.29, 0.717) is 24.7 Å². The molecule has 0 N–H and O–H groups in total. The van der Waals surface area contributed by atoms with Crippen molar-refractivity contribution in [2.45, 2.75) is 36.7 Å². The van der Waals surface area contributed by atoms with E-state index in [1.165, 1.54) is 22.2 Å². The summed E-state index contributed by atoms with van der Waals surface area (Å²) in [6.07, 6.45) is 3.08. The molecule has 30 heavy (non-hydrogen) atoms. The summed E-state index contributed by atoms with van der Waals surface area (Å²) in [5.41, 5.74) is 1.20. The molecule has 0 bridgehead atoms. The number of nitrogens with zero attached hydrogens (tertiary/aromatic N) is 5. The molecule has 0 fully saturated rings. The highest BCUT2D eigenvalue weighted by Gasteiger charge is 2.29. The predicted octanol–water partition coefficient (Wildman–Crippen LogP) is 4.75. The summed E-state index contributed by atoms with van der Waals surface area (Å²) in [6.45, 7) is 9.03. The fourth-order valence-electron chi connectivity index (χ4n) is 3.38. The van der Waals surface area contributed by atoms with E-state index in [1.807, 2.05) is 34.9 Å². The molecular formula is C21H19N5O2S2. The van der Waals surface area contributed by atoms with Crippen molar-refractivity contribution in [3.8, 4) is 11.5 Å². The van der Waals surface area contributed by atoms with Crippen molar-refractivity contribution in [3.63, 3.8) is 0 Å². The molecule has 1 aromatic carbocycles. The lowest BCUT2D eigenvalue weighted by atomic mass is 10.2. The SMILES string of the molecule is C=CCn1c(Sc2ncnc3sc(C)c(C)c23)nnc1[C@H]1COc2ccccc2O1. The first kappa shape index (κ1) is 19.1. The molecule has 0 amide bonds. The molecule has 4 aromatic rings. The van der Waals surface area contributed by atoms with E-state index in [2.05, 4.69) is 40.6 Å². The zero-order valence-electron chi connectivity index (χ0n) is 16.5. The molecule has 9 heteroatoms. The molecule has 5 rings (SSSR count). The Kier molecular flexibility index (Phi) is 4.92. The first-order valence-electron chi connectivity index (χ1n) is 9.46. The fourth-order valence-corrected chi connectivity index (χ4v) is 5.42. The van der Waals surface area contributed by atoms with Crippen LogP contribution in [0.3, 0.4) is 0 Å². The summed E-state index contributed by atoms with van der Waals surface area (Å²) in [4.78, 5) is 11.2. The molecule has 4 heterocycles. The van der Waals surface area contributed by atoms with E-state index in [0.717, 1.165) is 26.1 Å². The molecule has 1 aliphatic heterocycles. The molecular weight excluding hydrogens is 418 g/mol. The number of hydrogen-bond donors (Lipinski definition) is 0. The van der Waals surface area contributed by atoms with Gasteiger partial charge in [-0.05, 0) is 43.3 Å². The van der Waals surface area contributed by atoms with Crippen LogP contribution < -0.4 is 9.47 Å². The average molecular weight is 438 g/mol. The highest BCUT2D eigenvalue weighted by atomic mass is 32.2. The molecule has 0 spiro atoms. The van der Waals surface area contributed by atoms with Gasteiger partial charge in [-0.2, -0.15) is 0 Å². The van der Waals surface area contributed by atoms with Crippen LogP contribution in [0, 0.1) is 13.8 Å². The maximum atomic E-state index is 6.15. The van der Waals surface area contributed by atoms with Crippen molar-refractivity contribution in [2.24, 2.45) is 0 Å². The number of benzene rings is 1. The van der Waals surface area contributed by atoms with Crippen LogP contribution in [0.2, 0.25) is 0 Å². The van der Waals surface area contributed by atoms with Gasteiger partial charge in [0.1, 0.15) is 22.8 Å². The highest BCUT2D eigenvalue weighted by molar-refractivity contribution is 7.99. The first-order chi connectivity index (χ1) is 14.7. The summed E-state index contributed by atoms with van der Waals surface area (Å²) >= 11 is 3.16. The van der Waals surface area contributed by atoms with Gasteiger partial charge in [0.25, 0.3) is 0 Å². The highest BCUT2D eigenvalue weighted by Crippen LogP contribution is 2.39. The van der Waals surface area contributed by atoms with Crippen LogP contribution in [0.25, 0.3) is 10.2 Å². The number of hydrogen-bond acceptors (Lipinski definition) is 8. The standard InChI is InChI=1S/C21H19N5O2S2/c1-4-9-26-18(16-10-27-14-7-5-6-8-15(14)28-16)24-25-21(26)30-20-17-12(2)13(3)29-19(17)22-11-23-20/h4-8,11,16H,1,9-10H2,2-3H3/t16-/m1/s1. The molecule has 152 valence electrons. The first-order valence-corrected chi connectivity index (χ1v) is 11.1. The second kappa shape index (κ2) is 7.73. The van der Waals surface area contributed by atoms with E-state index < -0.39 is 0 Å². The number of rotatable bonds is 5. The van der Waals surface area contributed by atoms with Crippen molar-refractivity contribution >= 4 is 33.3 Å². The summed E-state index contributed by atoms with van der Waals surface area (Å²) in [5, 5.41) is 11.6. The fraction of sp³-hybridized carbons (Fsp3) is 0.238. The molecule has 0 unspecified atom stereocenters.